The summed E-state index contributed by atoms with van der Waals surface area (Å²) in [6.45, 7) is 5.56. The van der Waals surface area contributed by atoms with Crippen LogP contribution in [0.15, 0.2) is 36.4 Å². The maximum Gasteiger partial charge on any atom is 0.203 e. The van der Waals surface area contributed by atoms with Gasteiger partial charge in [0, 0.05) is 5.56 Å². The molecule has 22 heavy (non-hydrogen) atoms. The van der Waals surface area contributed by atoms with Gasteiger partial charge in [0.1, 0.15) is 11.5 Å². The monoisotopic (exact) mass is 299 g/mol. The van der Waals surface area contributed by atoms with E-state index in [9.17, 15) is 4.79 Å². The van der Waals surface area contributed by atoms with Crippen molar-refractivity contribution in [3.05, 3.63) is 53.1 Å². The number of aryl methyl sites for hydroxylation is 2. The second kappa shape index (κ2) is 6.52. The normalized spacial score (nSPS) is 11.8. The summed E-state index contributed by atoms with van der Waals surface area (Å²) in [5, 5.41) is 0. The van der Waals surface area contributed by atoms with Gasteiger partial charge in [0.25, 0.3) is 0 Å². The third-order valence-electron chi connectivity index (χ3n) is 3.54. The topological polar surface area (TPSA) is 61.5 Å². The lowest BCUT2D eigenvalue weighted by Gasteiger charge is -2.17. The Balaban J connectivity index is 2.18. The number of ether oxygens (including phenoxy) is 2. The van der Waals surface area contributed by atoms with Gasteiger partial charge in [-0.2, -0.15) is 0 Å². The lowest BCUT2D eigenvalue weighted by Crippen LogP contribution is -2.25. The van der Waals surface area contributed by atoms with Crippen molar-refractivity contribution >= 4 is 11.5 Å². The number of ketones is 1. The van der Waals surface area contributed by atoms with E-state index in [1.165, 1.54) is 0 Å². The van der Waals surface area contributed by atoms with Crippen molar-refractivity contribution < 1.29 is 14.3 Å². The molecule has 0 radical (unpaired) electrons. The lowest BCUT2D eigenvalue weighted by atomic mass is 10.0. The predicted molar refractivity (Wildman–Crippen MR) is 87.7 cm³/mol. The predicted octanol–water partition coefficient (Wildman–Crippen LogP) is 3.54. The standard InChI is InChI=1S/C18H21NO3/c1-11-5-8-17(16(19)9-11)22-13(3)18(20)15-7-6-14(21-4)10-12(15)2/h5-10,13H,19H2,1-4H3. The Morgan fingerprint density at radius 3 is 2.45 bits per heavy atom. The Morgan fingerprint density at radius 1 is 1.14 bits per heavy atom. The van der Waals surface area contributed by atoms with Gasteiger partial charge in [-0.25, -0.2) is 0 Å². The zero-order valence-electron chi connectivity index (χ0n) is 13.3. The number of nitrogens with two attached hydrogens (primary N) is 1. The van der Waals surface area contributed by atoms with Crippen LogP contribution in [0.25, 0.3) is 0 Å². The van der Waals surface area contributed by atoms with E-state index in [1.54, 1.807) is 32.2 Å². The Hall–Kier alpha value is -2.49. The van der Waals surface area contributed by atoms with Crippen molar-refractivity contribution in [3.63, 3.8) is 0 Å². The van der Waals surface area contributed by atoms with Gasteiger partial charge in [-0.1, -0.05) is 6.07 Å². The highest BCUT2D eigenvalue weighted by Gasteiger charge is 2.20. The van der Waals surface area contributed by atoms with Crippen LogP contribution in [0.4, 0.5) is 5.69 Å². The summed E-state index contributed by atoms with van der Waals surface area (Å²) in [4.78, 5) is 12.5. The zero-order chi connectivity index (χ0) is 16.3. The third kappa shape index (κ3) is 3.39. The molecule has 4 nitrogen and oxygen atoms in total. The first-order valence-electron chi connectivity index (χ1n) is 7.14. The summed E-state index contributed by atoms with van der Waals surface area (Å²) < 4.78 is 10.9. The van der Waals surface area contributed by atoms with E-state index in [4.69, 9.17) is 15.2 Å². The number of nitrogen functional groups attached to an aromatic ring is 1. The van der Waals surface area contributed by atoms with Gasteiger partial charge < -0.3 is 15.2 Å². The van der Waals surface area contributed by atoms with Gasteiger partial charge >= 0.3 is 0 Å². The van der Waals surface area contributed by atoms with Crippen molar-refractivity contribution in [2.24, 2.45) is 0 Å². The molecule has 116 valence electrons. The van der Waals surface area contributed by atoms with Gasteiger partial charge in [0.05, 0.1) is 12.8 Å². The highest BCUT2D eigenvalue weighted by atomic mass is 16.5. The maximum atomic E-state index is 12.5. The van der Waals surface area contributed by atoms with Crippen LogP contribution < -0.4 is 15.2 Å². The van der Waals surface area contributed by atoms with E-state index < -0.39 is 6.10 Å². The Morgan fingerprint density at radius 2 is 1.86 bits per heavy atom. The molecule has 0 heterocycles. The number of hydrogen-bond acceptors (Lipinski definition) is 4. The summed E-state index contributed by atoms with van der Waals surface area (Å²) in [5.41, 5.74) is 8.99. The Labute approximate surface area is 130 Å². The third-order valence-corrected chi connectivity index (χ3v) is 3.54. The number of anilines is 1. The van der Waals surface area contributed by atoms with Crippen molar-refractivity contribution in [3.8, 4) is 11.5 Å². The van der Waals surface area contributed by atoms with Crippen LogP contribution in [0.3, 0.4) is 0 Å². The summed E-state index contributed by atoms with van der Waals surface area (Å²) in [6.07, 6.45) is -0.614. The van der Waals surface area contributed by atoms with E-state index >= 15 is 0 Å². The number of methoxy groups -OCH3 is 1. The summed E-state index contributed by atoms with van der Waals surface area (Å²) in [5.74, 6) is 1.17. The average molecular weight is 299 g/mol. The molecule has 0 spiro atoms. The number of Topliss-reactive ketones (excluding diaryl/α,β-unsaturated/α-hetero) is 1. The number of carbonyl (C=O) groups is 1. The van der Waals surface area contributed by atoms with Gasteiger partial charge in [-0.3, -0.25) is 4.79 Å². The molecule has 0 fully saturated rings. The first-order chi connectivity index (χ1) is 10.4. The quantitative estimate of drug-likeness (QED) is 0.677. The molecule has 2 aromatic rings. The summed E-state index contributed by atoms with van der Waals surface area (Å²) >= 11 is 0. The molecule has 0 amide bonds. The van der Waals surface area contributed by atoms with Crippen LogP contribution in [0, 0.1) is 13.8 Å². The van der Waals surface area contributed by atoms with E-state index in [0.717, 1.165) is 16.9 Å². The van der Waals surface area contributed by atoms with Crippen molar-refractivity contribution in [1.82, 2.24) is 0 Å². The number of rotatable bonds is 5. The van der Waals surface area contributed by atoms with Crippen molar-refractivity contribution in [2.45, 2.75) is 26.9 Å². The van der Waals surface area contributed by atoms with Crippen molar-refractivity contribution in [1.29, 1.82) is 0 Å². The summed E-state index contributed by atoms with van der Waals surface area (Å²) in [7, 11) is 1.60. The van der Waals surface area contributed by atoms with Crippen LogP contribution in [0.5, 0.6) is 11.5 Å². The maximum absolute atomic E-state index is 12.5. The highest BCUT2D eigenvalue weighted by Crippen LogP contribution is 2.25. The van der Waals surface area contributed by atoms with E-state index in [0.29, 0.717) is 17.0 Å². The van der Waals surface area contributed by atoms with Crippen LogP contribution in [0.2, 0.25) is 0 Å². The number of hydrogen-bond donors (Lipinski definition) is 1. The second-order valence-corrected chi connectivity index (χ2v) is 5.35. The molecule has 2 aromatic carbocycles. The Kier molecular flexibility index (Phi) is 4.71. The molecule has 2 rings (SSSR count). The fourth-order valence-corrected chi connectivity index (χ4v) is 2.28. The van der Waals surface area contributed by atoms with Gasteiger partial charge in [-0.05, 0) is 62.2 Å². The zero-order valence-corrected chi connectivity index (χ0v) is 13.3. The molecule has 0 aromatic heterocycles. The highest BCUT2D eigenvalue weighted by molar-refractivity contribution is 6.00. The SMILES string of the molecule is COc1ccc(C(=O)C(C)Oc2ccc(C)cc2N)c(C)c1. The molecule has 2 N–H and O–H groups in total. The van der Waals surface area contributed by atoms with E-state index in [-0.39, 0.29) is 5.78 Å². The van der Waals surface area contributed by atoms with Crippen LogP contribution >= 0.6 is 0 Å². The van der Waals surface area contributed by atoms with Gasteiger partial charge in [0.15, 0.2) is 6.10 Å². The smallest absolute Gasteiger partial charge is 0.203 e. The molecule has 4 heteroatoms. The number of carbonyl (C=O) groups excluding carboxylic acids is 1. The minimum Gasteiger partial charge on any atom is -0.497 e. The van der Waals surface area contributed by atoms with Gasteiger partial charge in [0.2, 0.25) is 5.78 Å². The van der Waals surface area contributed by atoms with Crippen LogP contribution in [-0.4, -0.2) is 19.0 Å². The Bertz CT molecular complexity index is 695. The second-order valence-electron chi connectivity index (χ2n) is 5.35. The minimum absolute atomic E-state index is 0.0832. The molecule has 0 aliphatic heterocycles. The molecule has 0 bridgehead atoms. The molecule has 1 unspecified atom stereocenters. The molecule has 0 saturated carbocycles. The summed E-state index contributed by atoms with van der Waals surface area (Å²) in [6, 6.07) is 10.9. The molecular formula is C18H21NO3. The van der Waals surface area contributed by atoms with E-state index in [2.05, 4.69) is 0 Å². The molecule has 0 aliphatic rings. The van der Waals surface area contributed by atoms with E-state index in [1.807, 2.05) is 32.0 Å². The minimum atomic E-state index is -0.614. The fraction of sp³-hybridized carbons (Fsp3) is 0.278. The molecule has 0 saturated heterocycles. The largest absolute Gasteiger partial charge is 0.497 e. The van der Waals surface area contributed by atoms with Crippen LogP contribution in [-0.2, 0) is 0 Å². The fourth-order valence-electron chi connectivity index (χ4n) is 2.28. The molecule has 1 atom stereocenters. The molecule has 0 aliphatic carbocycles. The van der Waals surface area contributed by atoms with Crippen molar-refractivity contribution in [2.75, 3.05) is 12.8 Å². The first-order valence-corrected chi connectivity index (χ1v) is 7.14. The average Bonchev–Trinajstić information content (AvgIpc) is 2.49. The van der Waals surface area contributed by atoms with Gasteiger partial charge in [-0.15, -0.1) is 0 Å². The number of benzene rings is 2. The lowest BCUT2D eigenvalue weighted by molar-refractivity contribution is 0.0818. The molecular weight excluding hydrogens is 278 g/mol. The first kappa shape index (κ1) is 15.9. The van der Waals surface area contributed by atoms with Crippen LogP contribution in [0.1, 0.15) is 28.4 Å².